The fourth-order valence-electron chi connectivity index (χ4n) is 2.92. The largest absolute Gasteiger partial charge is 0.459 e. The van der Waals surface area contributed by atoms with E-state index in [2.05, 4.69) is 33.9 Å². The van der Waals surface area contributed by atoms with Gasteiger partial charge in [0.15, 0.2) is 5.96 Å². The van der Waals surface area contributed by atoms with E-state index in [4.69, 9.17) is 4.42 Å². The number of fused-ring (bicyclic) bond motifs is 1. The highest BCUT2D eigenvalue weighted by Crippen LogP contribution is 2.25. The maximum absolute atomic E-state index is 12.1. The smallest absolute Gasteiger partial charge is 0.251 e. The van der Waals surface area contributed by atoms with Crippen molar-refractivity contribution >= 4 is 22.8 Å². The molecule has 3 aromatic rings. The zero-order valence-electron chi connectivity index (χ0n) is 16.3. The molecule has 0 aliphatic heterocycles. The molecule has 0 fully saturated rings. The van der Waals surface area contributed by atoms with Crippen LogP contribution in [0.2, 0.25) is 0 Å². The quantitative estimate of drug-likeness (QED) is 0.335. The second kappa shape index (κ2) is 9.60. The Labute approximate surface area is 165 Å². The van der Waals surface area contributed by atoms with E-state index < -0.39 is 0 Å². The fourth-order valence-corrected chi connectivity index (χ4v) is 2.92. The summed E-state index contributed by atoms with van der Waals surface area (Å²) in [4.78, 5) is 16.7. The van der Waals surface area contributed by atoms with Gasteiger partial charge >= 0.3 is 0 Å². The number of nitrogens with one attached hydrogen (secondary N) is 3. The van der Waals surface area contributed by atoms with Gasteiger partial charge in [0.1, 0.15) is 17.9 Å². The Morgan fingerprint density at radius 3 is 2.43 bits per heavy atom. The molecule has 146 valence electrons. The first-order valence-corrected chi connectivity index (χ1v) is 9.51. The van der Waals surface area contributed by atoms with E-state index in [0.717, 1.165) is 28.8 Å². The molecule has 0 bridgehead atoms. The van der Waals surface area contributed by atoms with Crippen LogP contribution in [0.5, 0.6) is 0 Å². The van der Waals surface area contributed by atoms with Gasteiger partial charge in [-0.3, -0.25) is 4.79 Å². The first kappa shape index (κ1) is 19.5. The van der Waals surface area contributed by atoms with Crippen LogP contribution in [0.15, 0.2) is 64.0 Å². The van der Waals surface area contributed by atoms with Crippen LogP contribution >= 0.6 is 0 Å². The van der Waals surface area contributed by atoms with Gasteiger partial charge in [-0.25, -0.2) is 4.99 Å². The van der Waals surface area contributed by atoms with Crippen LogP contribution in [-0.4, -0.2) is 31.5 Å². The lowest BCUT2D eigenvalue weighted by Gasteiger charge is -2.11. The molecule has 28 heavy (non-hydrogen) atoms. The zero-order valence-corrected chi connectivity index (χ0v) is 16.3. The molecule has 0 spiro atoms. The van der Waals surface area contributed by atoms with Crippen molar-refractivity contribution in [2.24, 2.45) is 4.99 Å². The van der Waals surface area contributed by atoms with Crippen LogP contribution in [0.25, 0.3) is 11.0 Å². The number of furan rings is 1. The fraction of sp³-hybridized carbons (Fsp3) is 0.273. The van der Waals surface area contributed by atoms with Crippen LogP contribution < -0.4 is 16.0 Å². The van der Waals surface area contributed by atoms with Gasteiger partial charge in [0.2, 0.25) is 0 Å². The molecule has 2 aromatic carbocycles. The summed E-state index contributed by atoms with van der Waals surface area (Å²) in [5.41, 5.74) is 2.65. The van der Waals surface area contributed by atoms with Gasteiger partial charge in [-0.1, -0.05) is 36.4 Å². The van der Waals surface area contributed by atoms with E-state index in [1.807, 2.05) is 43.3 Å². The van der Waals surface area contributed by atoms with Crippen molar-refractivity contribution in [3.05, 3.63) is 71.5 Å². The third-order valence-electron chi connectivity index (χ3n) is 4.41. The number of hydrogen-bond acceptors (Lipinski definition) is 3. The lowest BCUT2D eigenvalue weighted by atomic mass is 10.1. The second-order valence-corrected chi connectivity index (χ2v) is 6.39. The monoisotopic (exact) mass is 378 g/mol. The number of hydrogen-bond donors (Lipinski definition) is 3. The molecule has 1 aromatic heterocycles. The van der Waals surface area contributed by atoms with Crippen molar-refractivity contribution in [3.8, 4) is 0 Å². The number of aryl methyl sites for hydroxylation is 1. The summed E-state index contributed by atoms with van der Waals surface area (Å²) in [5, 5.41) is 10.5. The van der Waals surface area contributed by atoms with Gasteiger partial charge < -0.3 is 20.4 Å². The zero-order chi connectivity index (χ0) is 19.8. The number of guanidine groups is 1. The molecule has 3 N–H and O–H groups in total. The minimum atomic E-state index is -0.0813. The molecule has 1 amide bonds. The maximum Gasteiger partial charge on any atom is 0.251 e. The lowest BCUT2D eigenvalue weighted by Crippen LogP contribution is -2.41. The van der Waals surface area contributed by atoms with E-state index in [1.54, 1.807) is 12.1 Å². The number of para-hydroxylation sites is 1. The molecule has 0 saturated carbocycles. The normalized spacial score (nSPS) is 11.4. The van der Waals surface area contributed by atoms with Crippen molar-refractivity contribution in [2.45, 2.75) is 20.4 Å². The van der Waals surface area contributed by atoms with Crippen LogP contribution in [0.1, 0.15) is 28.6 Å². The molecular formula is C22H26N4O2. The number of carbonyl (C=O) groups is 1. The van der Waals surface area contributed by atoms with Crippen LogP contribution in [0, 0.1) is 6.92 Å². The number of rotatable bonds is 7. The molecule has 6 nitrogen and oxygen atoms in total. The molecule has 0 unspecified atom stereocenters. The first-order chi connectivity index (χ1) is 13.7. The predicted octanol–water partition coefficient (Wildman–Crippen LogP) is 3.23. The highest BCUT2D eigenvalue weighted by molar-refractivity contribution is 5.94. The number of carbonyl (C=O) groups excluding carboxylic acids is 1. The molecule has 0 aliphatic carbocycles. The van der Waals surface area contributed by atoms with Gasteiger partial charge in [0, 0.05) is 36.1 Å². The Bertz CT molecular complexity index is 948. The summed E-state index contributed by atoms with van der Waals surface area (Å²) in [7, 11) is 0. The van der Waals surface area contributed by atoms with E-state index in [1.165, 1.54) is 0 Å². The summed E-state index contributed by atoms with van der Waals surface area (Å²) in [5.74, 6) is 1.47. The molecule has 3 rings (SSSR count). The van der Waals surface area contributed by atoms with E-state index in [9.17, 15) is 4.79 Å². The summed E-state index contributed by atoms with van der Waals surface area (Å²) >= 11 is 0. The van der Waals surface area contributed by atoms with Gasteiger partial charge in [-0.15, -0.1) is 0 Å². The highest BCUT2D eigenvalue weighted by Gasteiger charge is 2.09. The molecule has 0 aliphatic rings. The molecular weight excluding hydrogens is 352 g/mol. The van der Waals surface area contributed by atoms with E-state index >= 15 is 0 Å². The highest BCUT2D eigenvalue weighted by atomic mass is 16.3. The van der Waals surface area contributed by atoms with Gasteiger partial charge in [0.05, 0.1) is 0 Å². The van der Waals surface area contributed by atoms with E-state index in [0.29, 0.717) is 31.2 Å². The Morgan fingerprint density at radius 1 is 0.964 bits per heavy atom. The standard InChI is InChI=1S/C22H26N4O2/c1-3-23-22(25-14-13-24-21(27)17-9-5-4-6-10-17)26-15-20-16(2)18-11-7-8-12-19(18)28-20/h4-12H,3,13-15H2,1-2H3,(H,24,27)(H2,23,25,26). The summed E-state index contributed by atoms with van der Waals surface area (Å²) < 4.78 is 5.91. The number of amides is 1. The van der Waals surface area contributed by atoms with Crippen LogP contribution in [0.4, 0.5) is 0 Å². The minimum absolute atomic E-state index is 0.0813. The second-order valence-electron chi connectivity index (χ2n) is 6.39. The van der Waals surface area contributed by atoms with Gasteiger partial charge in [-0.05, 0) is 32.0 Å². The summed E-state index contributed by atoms with van der Waals surface area (Å²) in [6.07, 6.45) is 0. The Balaban J connectivity index is 1.54. The Morgan fingerprint density at radius 2 is 1.68 bits per heavy atom. The first-order valence-electron chi connectivity index (χ1n) is 9.51. The average Bonchev–Trinajstić information content (AvgIpc) is 3.05. The topological polar surface area (TPSA) is 78.7 Å². The molecule has 0 saturated heterocycles. The summed E-state index contributed by atoms with van der Waals surface area (Å²) in [6.45, 7) is 6.34. The van der Waals surface area contributed by atoms with Crippen molar-refractivity contribution < 1.29 is 9.21 Å². The minimum Gasteiger partial charge on any atom is -0.459 e. The number of aliphatic imine (C=N–C) groups is 1. The SMILES string of the molecule is CCNC(=NCc1oc2ccccc2c1C)NCCNC(=O)c1ccccc1. The van der Waals surface area contributed by atoms with Crippen molar-refractivity contribution in [2.75, 3.05) is 19.6 Å². The molecule has 6 heteroatoms. The Kier molecular flexibility index (Phi) is 6.68. The third-order valence-corrected chi connectivity index (χ3v) is 4.41. The molecule has 0 radical (unpaired) electrons. The molecule has 1 heterocycles. The number of benzene rings is 2. The average molecular weight is 378 g/mol. The maximum atomic E-state index is 12.1. The lowest BCUT2D eigenvalue weighted by molar-refractivity contribution is 0.0954. The predicted molar refractivity (Wildman–Crippen MR) is 113 cm³/mol. The van der Waals surface area contributed by atoms with Crippen LogP contribution in [-0.2, 0) is 6.54 Å². The van der Waals surface area contributed by atoms with Crippen LogP contribution in [0.3, 0.4) is 0 Å². The number of nitrogens with zero attached hydrogens (tertiary/aromatic N) is 1. The van der Waals surface area contributed by atoms with Crippen molar-refractivity contribution in [1.29, 1.82) is 0 Å². The van der Waals surface area contributed by atoms with E-state index in [-0.39, 0.29) is 5.91 Å². The Hall–Kier alpha value is -3.28. The van der Waals surface area contributed by atoms with Crippen molar-refractivity contribution in [3.63, 3.8) is 0 Å². The van der Waals surface area contributed by atoms with Gasteiger partial charge in [-0.2, -0.15) is 0 Å². The van der Waals surface area contributed by atoms with Crippen molar-refractivity contribution in [1.82, 2.24) is 16.0 Å². The van der Waals surface area contributed by atoms with Gasteiger partial charge in [0.25, 0.3) is 5.91 Å². The molecule has 0 atom stereocenters. The summed E-state index contributed by atoms with van der Waals surface area (Å²) in [6, 6.07) is 17.2. The third kappa shape index (κ3) is 4.91.